The van der Waals surface area contributed by atoms with Crippen LogP contribution < -0.4 is 5.32 Å². The van der Waals surface area contributed by atoms with Crippen molar-refractivity contribution < 1.29 is 9.53 Å². The van der Waals surface area contributed by atoms with Gasteiger partial charge in [0.2, 0.25) is 5.91 Å². The Kier molecular flexibility index (Phi) is 5.51. The van der Waals surface area contributed by atoms with Crippen molar-refractivity contribution in [1.82, 2.24) is 0 Å². The first-order valence-corrected chi connectivity index (χ1v) is 6.31. The number of anilines is 1. The molecule has 0 aliphatic rings. The third-order valence-electron chi connectivity index (χ3n) is 1.75. The maximum atomic E-state index is 11.5. The van der Waals surface area contributed by atoms with Gasteiger partial charge >= 0.3 is 0 Å². The molecule has 0 radical (unpaired) electrons. The molecule has 1 N–H and O–H groups in total. The van der Waals surface area contributed by atoms with Gasteiger partial charge in [0.1, 0.15) is 6.61 Å². The van der Waals surface area contributed by atoms with E-state index >= 15 is 0 Å². The highest BCUT2D eigenvalue weighted by molar-refractivity contribution is 14.1. The average molecular weight is 354 g/mol. The molecule has 0 unspecified atom stereocenters. The van der Waals surface area contributed by atoms with Gasteiger partial charge in [0.15, 0.2) is 0 Å². The van der Waals surface area contributed by atoms with Gasteiger partial charge in [-0.1, -0.05) is 11.6 Å². The summed E-state index contributed by atoms with van der Waals surface area (Å²) < 4.78 is 6.21. The molecule has 0 aliphatic carbocycles. The van der Waals surface area contributed by atoms with E-state index in [9.17, 15) is 4.79 Å². The van der Waals surface area contributed by atoms with Gasteiger partial charge in [0.25, 0.3) is 0 Å². The van der Waals surface area contributed by atoms with E-state index in [4.69, 9.17) is 16.3 Å². The number of amides is 1. The molecule has 0 saturated carbocycles. The van der Waals surface area contributed by atoms with Crippen LogP contribution in [0.2, 0.25) is 5.02 Å². The zero-order chi connectivity index (χ0) is 12.1. The van der Waals surface area contributed by atoms with Crippen molar-refractivity contribution in [3.8, 4) is 0 Å². The summed E-state index contributed by atoms with van der Waals surface area (Å²) in [5.41, 5.74) is 0.611. The second-order valence-corrected chi connectivity index (χ2v) is 5.18. The van der Waals surface area contributed by atoms with Crippen LogP contribution in [0, 0.1) is 3.57 Å². The normalized spacial score (nSPS) is 10.6. The number of hydrogen-bond acceptors (Lipinski definition) is 2. The first-order valence-electron chi connectivity index (χ1n) is 4.85. The van der Waals surface area contributed by atoms with Crippen LogP contribution in [-0.2, 0) is 9.53 Å². The van der Waals surface area contributed by atoms with Gasteiger partial charge in [-0.05, 0) is 54.6 Å². The molecule has 1 aromatic carbocycles. The van der Waals surface area contributed by atoms with Gasteiger partial charge in [-0.25, -0.2) is 0 Å². The topological polar surface area (TPSA) is 38.3 Å². The third-order valence-corrected chi connectivity index (χ3v) is 2.74. The maximum absolute atomic E-state index is 11.5. The van der Waals surface area contributed by atoms with Gasteiger partial charge in [0.05, 0.1) is 16.8 Å². The van der Waals surface area contributed by atoms with E-state index in [0.29, 0.717) is 10.7 Å². The predicted octanol–water partition coefficient (Wildman–Crippen LogP) is 3.31. The van der Waals surface area contributed by atoms with Gasteiger partial charge < -0.3 is 10.1 Å². The minimum Gasteiger partial charge on any atom is -0.369 e. The summed E-state index contributed by atoms with van der Waals surface area (Å²) in [6.07, 6.45) is 0.0398. The summed E-state index contributed by atoms with van der Waals surface area (Å²) in [5, 5.41) is 3.23. The van der Waals surface area contributed by atoms with E-state index in [-0.39, 0.29) is 18.6 Å². The molecule has 0 saturated heterocycles. The second-order valence-electron chi connectivity index (χ2n) is 3.53. The summed E-state index contributed by atoms with van der Waals surface area (Å²) in [7, 11) is 0. The van der Waals surface area contributed by atoms with Crippen LogP contribution in [0.25, 0.3) is 0 Å². The van der Waals surface area contributed by atoms with Crippen molar-refractivity contribution in [3.63, 3.8) is 0 Å². The van der Waals surface area contributed by atoms with Crippen LogP contribution in [0.1, 0.15) is 13.8 Å². The lowest BCUT2D eigenvalue weighted by Gasteiger charge is -2.09. The minimum atomic E-state index is -0.197. The molecule has 5 heteroatoms. The quantitative estimate of drug-likeness (QED) is 0.844. The summed E-state index contributed by atoms with van der Waals surface area (Å²) in [5.74, 6) is -0.197. The molecule has 0 atom stereocenters. The standard InChI is InChI=1S/C11H13ClINO2/c1-7(2)16-6-11(15)14-10-4-3-8(13)5-9(10)12/h3-5,7H,6H2,1-2H3,(H,14,15). The lowest BCUT2D eigenvalue weighted by Crippen LogP contribution is -2.20. The highest BCUT2D eigenvalue weighted by Gasteiger charge is 2.07. The van der Waals surface area contributed by atoms with E-state index < -0.39 is 0 Å². The molecule has 1 rings (SSSR count). The first-order chi connectivity index (χ1) is 7.49. The van der Waals surface area contributed by atoms with E-state index in [1.165, 1.54) is 0 Å². The molecule has 0 aromatic heterocycles. The Hall–Kier alpha value is -0.330. The Balaban J connectivity index is 2.56. The molecule has 88 valence electrons. The van der Waals surface area contributed by atoms with E-state index in [0.717, 1.165) is 3.57 Å². The van der Waals surface area contributed by atoms with Crippen molar-refractivity contribution >= 4 is 45.8 Å². The van der Waals surface area contributed by atoms with Crippen LogP contribution in [0.5, 0.6) is 0 Å². The Morgan fingerprint density at radius 1 is 1.56 bits per heavy atom. The lowest BCUT2D eigenvalue weighted by molar-refractivity contribution is -0.121. The van der Waals surface area contributed by atoms with Crippen molar-refractivity contribution in [1.29, 1.82) is 0 Å². The smallest absolute Gasteiger partial charge is 0.250 e. The van der Waals surface area contributed by atoms with Crippen LogP contribution in [-0.4, -0.2) is 18.6 Å². The fourth-order valence-electron chi connectivity index (χ4n) is 1.02. The van der Waals surface area contributed by atoms with Crippen molar-refractivity contribution in [2.45, 2.75) is 20.0 Å². The number of ether oxygens (including phenoxy) is 1. The molecular weight excluding hydrogens is 340 g/mol. The summed E-state index contributed by atoms with van der Waals surface area (Å²) >= 11 is 8.14. The Labute approximate surface area is 114 Å². The summed E-state index contributed by atoms with van der Waals surface area (Å²) in [4.78, 5) is 11.5. The SMILES string of the molecule is CC(C)OCC(=O)Nc1ccc(I)cc1Cl. The molecule has 3 nitrogen and oxygen atoms in total. The molecule has 0 bridgehead atoms. The van der Waals surface area contributed by atoms with Gasteiger partial charge in [0, 0.05) is 3.57 Å². The Bertz CT molecular complexity index is 382. The monoisotopic (exact) mass is 353 g/mol. The van der Waals surface area contributed by atoms with Crippen molar-refractivity contribution in [2.24, 2.45) is 0 Å². The molecule has 0 aliphatic heterocycles. The molecule has 0 fully saturated rings. The number of rotatable bonds is 4. The summed E-state index contributed by atoms with van der Waals surface area (Å²) in [6, 6.07) is 5.45. The number of carbonyl (C=O) groups is 1. The van der Waals surface area contributed by atoms with E-state index in [1.807, 2.05) is 19.9 Å². The number of hydrogen-bond donors (Lipinski definition) is 1. The molecular formula is C11H13ClINO2. The van der Waals surface area contributed by atoms with Gasteiger partial charge in [-0.2, -0.15) is 0 Å². The second kappa shape index (κ2) is 6.42. The maximum Gasteiger partial charge on any atom is 0.250 e. The largest absolute Gasteiger partial charge is 0.369 e. The zero-order valence-electron chi connectivity index (χ0n) is 9.09. The Morgan fingerprint density at radius 3 is 2.81 bits per heavy atom. The fraction of sp³-hybridized carbons (Fsp3) is 0.364. The third kappa shape index (κ3) is 4.67. The van der Waals surface area contributed by atoms with Crippen LogP contribution in [0.15, 0.2) is 18.2 Å². The Morgan fingerprint density at radius 2 is 2.25 bits per heavy atom. The van der Waals surface area contributed by atoms with Crippen LogP contribution in [0.3, 0.4) is 0 Å². The molecule has 1 amide bonds. The highest BCUT2D eigenvalue weighted by Crippen LogP contribution is 2.23. The average Bonchev–Trinajstić information content (AvgIpc) is 2.19. The molecule has 1 aromatic rings. The number of benzene rings is 1. The van der Waals surface area contributed by atoms with Crippen LogP contribution >= 0.6 is 34.2 Å². The number of halogens is 2. The van der Waals surface area contributed by atoms with E-state index in [1.54, 1.807) is 12.1 Å². The van der Waals surface area contributed by atoms with E-state index in [2.05, 4.69) is 27.9 Å². The molecule has 16 heavy (non-hydrogen) atoms. The fourth-order valence-corrected chi connectivity index (χ4v) is 1.92. The van der Waals surface area contributed by atoms with Crippen molar-refractivity contribution in [2.75, 3.05) is 11.9 Å². The van der Waals surface area contributed by atoms with Crippen molar-refractivity contribution in [3.05, 3.63) is 26.8 Å². The lowest BCUT2D eigenvalue weighted by atomic mass is 10.3. The molecule has 0 spiro atoms. The zero-order valence-corrected chi connectivity index (χ0v) is 12.0. The predicted molar refractivity (Wildman–Crippen MR) is 73.9 cm³/mol. The number of carbonyl (C=O) groups excluding carboxylic acids is 1. The summed E-state index contributed by atoms with van der Waals surface area (Å²) in [6.45, 7) is 3.80. The van der Waals surface area contributed by atoms with Crippen LogP contribution in [0.4, 0.5) is 5.69 Å². The number of nitrogens with one attached hydrogen (secondary N) is 1. The molecule has 0 heterocycles. The van der Waals surface area contributed by atoms with Gasteiger partial charge in [-0.15, -0.1) is 0 Å². The highest BCUT2D eigenvalue weighted by atomic mass is 127. The first kappa shape index (κ1) is 13.7. The minimum absolute atomic E-state index is 0.0398. The van der Waals surface area contributed by atoms with Gasteiger partial charge in [-0.3, -0.25) is 4.79 Å².